The molecule has 74 valence electrons. The molecule has 0 aliphatic heterocycles. The van der Waals surface area contributed by atoms with Crippen LogP contribution in [0.4, 0.5) is 0 Å². The molecule has 0 amide bonds. The van der Waals surface area contributed by atoms with Gasteiger partial charge in [0.25, 0.3) is 0 Å². The summed E-state index contributed by atoms with van der Waals surface area (Å²) in [6.45, 7) is 1.46. The summed E-state index contributed by atoms with van der Waals surface area (Å²) in [5.74, 6) is 0.635. The van der Waals surface area contributed by atoms with Gasteiger partial charge in [0, 0.05) is 12.8 Å². The minimum absolute atomic E-state index is 0.0830. The van der Waals surface area contributed by atoms with Crippen LogP contribution in [0, 0.1) is 11.8 Å². The zero-order valence-corrected chi connectivity index (χ0v) is 7.90. The average Bonchev–Trinajstić information content (AvgIpc) is 2.56. The fraction of sp³-hybridized carbons (Fsp3) is 0.900. The Balaban J connectivity index is 1.98. The zero-order chi connectivity index (χ0) is 9.42. The molecular formula is C10H16O3. The first-order chi connectivity index (χ1) is 6.18. The molecule has 3 nitrogen and oxygen atoms in total. The molecule has 1 N–H and O–H groups in total. The predicted molar refractivity (Wildman–Crippen MR) is 47.0 cm³/mol. The molecule has 0 radical (unpaired) electrons. The summed E-state index contributed by atoms with van der Waals surface area (Å²) >= 11 is 0. The molecule has 0 aromatic rings. The lowest BCUT2D eigenvalue weighted by atomic mass is 9.98. The van der Waals surface area contributed by atoms with Gasteiger partial charge < -0.3 is 9.84 Å². The normalized spacial score (nSPS) is 43.2. The van der Waals surface area contributed by atoms with Crippen molar-refractivity contribution in [2.45, 2.75) is 44.8 Å². The fourth-order valence-corrected chi connectivity index (χ4v) is 2.88. The number of fused-ring (bicyclic) bond motifs is 1. The molecule has 0 heterocycles. The first-order valence-electron chi connectivity index (χ1n) is 5.04. The number of rotatable bonds is 1. The highest BCUT2D eigenvalue weighted by molar-refractivity contribution is 5.66. The third-order valence-corrected chi connectivity index (χ3v) is 3.42. The van der Waals surface area contributed by atoms with Crippen LogP contribution in [-0.2, 0) is 9.53 Å². The van der Waals surface area contributed by atoms with Gasteiger partial charge in [0.2, 0.25) is 0 Å². The van der Waals surface area contributed by atoms with E-state index in [1.54, 1.807) is 0 Å². The molecule has 3 heteroatoms. The van der Waals surface area contributed by atoms with E-state index in [1.807, 2.05) is 0 Å². The number of esters is 1. The van der Waals surface area contributed by atoms with Crippen LogP contribution in [0.15, 0.2) is 0 Å². The highest BCUT2D eigenvalue weighted by Crippen LogP contribution is 2.45. The van der Waals surface area contributed by atoms with E-state index in [1.165, 1.54) is 6.92 Å². The number of aliphatic hydroxyl groups excluding tert-OH is 1. The van der Waals surface area contributed by atoms with E-state index in [0.717, 1.165) is 25.7 Å². The van der Waals surface area contributed by atoms with Gasteiger partial charge in [-0.25, -0.2) is 0 Å². The quantitative estimate of drug-likeness (QED) is 0.621. The molecule has 2 aliphatic carbocycles. The lowest BCUT2D eigenvalue weighted by Crippen LogP contribution is -2.23. The third kappa shape index (κ3) is 1.57. The van der Waals surface area contributed by atoms with Crippen molar-refractivity contribution < 1.29 is 14.6 Å². The van der Waals surface area contributed by atoms with Crippen LogP contribution in [0.1, 0.15) is 32.6 Å². The average molecular weight is 184 g/mol. The Labute approximate surface area is 78.1 Å². The number of hydrogen-bond donors (Lipinski definition) is 1. The largest absolute Gasteiger partial charge is 0.462 e. The van der Waals surface area contributed by atoms with Gasteiger partial charge >= 0.3 is 5.97 Å². The zero-order valence-electron chi connectivity index (χ0n) is 7.90. The highest BCUT2D eigenvalue weighted by atomic mass is 16.5. The van der Waals surface area contributed by atoms with Crippen molar-refractivity contribution >= 4 is 5.97 Å². The Bertz CT molecular complexity index is 214. The molecule has 0 aromatic heterocycles. The Hall–Kier alpha value is -0.570. The monoisotopic (exact) mass is 184 g/mol. The van der Waals surface area contributed by atoms with Gasteiger partial charge in [-0.05, 0) is 31.6 Å². The van der Waals surface area contributed by atoms with Gasteiger partial charge in [-0.3, -0.25) is 4.79 Å². The highest BCUT2D eigenvalue weighted by Gasteiger charge is 2.45. The van der Waals surface area contributed by atoms with Crippen molar-refractivity contribution in [3.63, 3.8) is 0 Å². The second kappa shape index (κ2) is 3.29. The molecule has 0 aromatic carbocycles. The number of hydrogen-bond acceptors (Lipinski definition) is 3. The van der Waals surface area contributed by atoms with Crippen molar-refractivity contribution in [1.82, 2.24) is 0 Å². The van der Waals surface area contributed by atoms with E-state index < -0.39 is 0 Å². The molecule has 2 rings (SSSR count). The minimum Gasteiger partial charge on any atom is -0.462 e. The molecule has 0 spiro atoms. The maximum atomic E-state index is 10.8. The molecule has 2 fully saturated rings. The van der Waals surface area contributed by atoms with Crippen molar-refractivity contribution in [1.29, 1.82) is 0 Å². The lowest BCUT2D eigenvalue weighted by molar-refractivity contribution is -0.148. The summed E-state index contributed by atoms with van der Waals surface area (Å²) in [5, 5.41) is 9.61. The van der Waals surface area contributed by atoms with Gasteiger partial charge in [0.1, 0.15) is 6.10 Å². The van der Waals surface area contributed by atoms with Gasteiger partial charge in [0.05, 0.1) is 6.10 Å². The number of carbonyl (C=O) groups is 1. The Morgan fingerprint density at radius 1 is 1.23 bits per heavy atom. The standard InChI is InChI=1S/C10H16O3/c1-6(11)13-10-5-3-7-8(10)2-4-9(7)12/h7-10,12H,2-5H2,1H3/t7-,8-,9-,10-/m0/s1. The number of carbonyl (C=O) groups excluding carboxylic acids is 1. The summed E-state index contributed by atoms with van der Waals surface area (Å²) in [6.07, 6.45) is 3.79. The van der Waals surface area contributed by atoms with Crippen molar-refractivity contribution in [3.05, 3.63) is 0 Å². The third-order valence-electron chi connectivity index (χ3n) is 3.42. The topological polar surface area (TPSA) is 46.5 Å². The maximum Gasteiger partial charge on any atom is 0.302 e. The first kappa shape index (κ1) is 9.00. The Morgan fingerprint density at radius 2 is 1.92 bits per heavy atom. The van der Waals surface area contributed by atoms with E-state index >= 15 is 0 Å². The molecule has 13 heavy (non-hydrogen) atoms. The molecule has 2 saturated carbocycles. The SMILES string of the molecule is CC(=O)O[C@H]1CC[C@H]2[C@@H]1CC[C@@H]2O. The van der Waals surface area contributed by atoms with Crippen LogP contribution in [0.2, 0.25) is 0 Å². The number of ether oxygens (including phenoxy) is 1. The molecule has 4 atom stereocenters. The summed E-state index contributed by atoms with van der Waals surface area (Å²) in [4.78, 5) is 10.8. The Kier molecular flexibility index (Phi) is 2.28. The van der Waals surface area contributed by atoms with Gasteiger partial charge in [0.15, 0.2) is 0 Å². The maximum absolute atomic E-state index is 10.8. The molecule has 0 unspecified atom stereocenters. The van der Waals surface area contributed by atoms with E-state index in [2.05, 4.69) is 0 Å². The summed E-state index contributed by atoms with van der Waals surface area (Å²) < 4.78 is 5.22. The predicted octanol–water partition coefficient (Wildman–Crippen LogP) is 1.10. The van der Waals surface area contributed by atoms with Gasteiger partial charge in [-0.15, -0.1) is 0 Å². The van der Waals surface area contributed by atoms with Crippen LogP contribution < -0.4 is 0 Å². The molecule has 0 bridgehead atoms. The smallest absolute Gasteiger partial charge is 0.302 e. The van der Waals surface area contributed by atoms with E-state index in [9.17, 15) is 9.90 Å². The van der Waals surface area contributed by atoms with Gasteiger partial charge in [-0.1, -0.05) is 0 Å². The van der Waals surface area contributed by atoms with Crippen LogP contribution in [-0.4, -0.2) is 23.3 Å². The van der Waals surface area contributed by atoms with E-state index in [-0.39, 0.29) is 18.2 Å². The second-order valence-corrected chi connectivity index (χ2v) is 4.20. The van der Waals surface area contributed by atoms with E-state index in [4.69, 9.17) is 4.74 Å². The Morgan fingerprint density at radius 3 is 2.62 bits per heavy atom. The van der Waals surface area contributed by atoms with Crippen LogP contribution in [0.5, 0.6) is 0 Å². The summed E-state index contributed by atoms with van der Waals surface area (Å²) in [5.41, 5.74) is 0. The second-order valence-electron chi connectivity index (χ2n) is 4.20. The molecule has 0 saturated heterocycles. The van der Waals surface area contributed by atoms with Crippen LogP contribution >= 0.6 is 0 Å². The summed E-state index contributed by atoms with van der Waals surface area (Å²) in [6, 6.07) is 0. The van der Waals surface area contributed by atoms with Crippen LogP contribution in [0.3, 0.4) is 0 Å². The summed E-state index contributed by atoms with van der Waals surface area (Å²) in [7, 11) is 0. The first-order valence-corrected chi connectivity index (χ1v) is 5.04. The van der Waals surface area contributed by atoms with Crippen molar-refractivity contribution in [3.8, 4) is 0 Å². The van der Waals surface area contributed by atoms with Crippen molar-refractivity contribution in [2.24, 2.45) is 11.8 Å². The fourth-order valence-electron chi connectivity index (χ4n) is 2.88. The molecule has 2 aliphatic rings. The lowest BCUT2D eigenvalue weighted by Gasteiger charge is -2.18. The van der Waals surface area contributed by atoms with Crippen LogP contribution in [0.25, 0.3) is 0 Å². The van der Waals surface area contributed by atoms with E-state index in [0.29, 0.717) is 11.8 Å². The van der Waals surface area contributed by atoms with Gasteiger partial charge in [-0.2, -0.15) is 0 Å². The molecular weight excluding hydrogens is 168 g/mol. The minimum atomic E-state index is -0.188. The van der Waals surface area contributed by atoms with Crippen molar-refractivity contribution in [2.75, 3.05) is 0 Å². The number of aliphatic hydroxyl groups is 1.